The van der Waals surface area contributed by atoms with E-state index in [-0.39, 0.29) is 0 Å². The second kappa shape index (κ2) is 5.32. The molecule has 0 unspecified atom stereocenters. The quantitative estimate of drug-likeness (QED) is 0.665. The van der Waals surface area contributed by atoms with E-state index in [0.717, 1.165) is 4.43 Å². The number of benzene rings is 1. The van der Waals surface area contributed by atoms with Gasteiger partial charge in [-0.3, -0.25) is 0 Å². The van der Waals surface area contributed by atoms with Crippen LogP contribution in [0.1, 0.15) is 11.1 Å². The number of rotatable bonds is 3. The molecule has 12 heavy (non-hydrogen) atoms. The highest BCUT2D eigenvalue weighted by Gasteiger charge is 1.93. The summed E-state index contributed by atoms with van der Waals surface area (Å²) in [6.45, 7) is 0.607. The summed E-state index contributed by atoms with van der Waals surface area (Å²) < 4.78 is 1.04. The van der Waals surface area contributed by atoms with Crippen LogP contribution >= 0.6 is 22.6 Å². The summed E-state index contributed by atoms with van der Waals surface area (Å²) >= 11 is 2.37. The van der Waals surface area contributed by atoms with Crippen LogP contribution in [0.15, 0.2) is 30.3 Å². The van der Waals surface area contributed by atoms with E-state index in [1.807, 2.05) is 12.1 Å². The lowest BCUT2D eigenvalue weighted by Crippen LogP contribution is -1.92. The summed E-state index contributed by atoms with van der Waals surface area (Å²) in [6, 6.07) is 8.36. The minimum atomic E-state index is 0.607. The minimum absolute atomic E-state index is 0.607. The van der Waals surface area contributed by atoms with Crippen molar-refractivity contribution < 1.29 is 0 Å². The molecule has 0 spiro atoms. The van der Waals surface area contributed by atoms with Crippen LogP contribution < -0.4 is 5.73 Å². The Hall–Kier alpha value is -0.350. The van der Waals surface area contributed by atoms with E-state index < -0.39 is 0 Å². The van der Waals surface area contributed by atoms with Crippen LogP contribution in [0.3, 0.4) is 0 Å². The summed E-state index contributed by atoms with van der Waals surface area (Å²) in [4.78, 5) is 0. The zero-order valence-corrected chi connectivity index (χ0v) is 8.99. The fourth-order valence-corrected chi connectivity index (χ4v) is 1.71. The second-order valence-corrected chi connectivity index (χ2v) is 3.23. The molecule has 1 aromatic rings. The van der Waals surface area contributed by atoms with Crippen molar-refractivity contribution in [2.45, 2.75) is 4.43 Å². The smallest absolute Gasteiger partial charge is 0.0253 e. The summed E-state index contributed by atoms with van der Waals surface area (Å²) in [6.07, 6.45) is 4.05. The SMILES string of the molecule is NC/C=C/c1ccccc1CI. The van der Waals surface area contributed by atoms with Crippen molar-refractivity contribution in [2.24, 2.45) is 5.73 Å². The van der Waals surface area contributed by atoms with Gasteiger partial charge in [0.05, 0.1) is 0 Å². The lowest BCUT2D eigenvalue weighted by molar-refractivity contribution is 1.26. The Labute approximate surface area is 86.8 Å². The zero-order valence-electron chi connectivity index (χ0n) is 6.83. The molecule has 0 aliphatic heterocycles. The van der Waals surface area contributed by atoms with Crippen molar-refractivity contribution in [3.05, 3.63) is 41.5 Å². The van der Waals surface area contributed by atoms with E-state index >= 15 is 0 Å². The number of halogens is 1. The van der Waals surface area contributed by atoms with Gasteiger partial charge in [0.1, 0.15) is 0 Å². The molecule has 0 saturated carbocycles. The molecule has 0 radical (unpaired) electrons. The van der Waals surface area contributed by atoms with Crippen molar-refractivity contribution in [1.82, 2.24) is 0 Å². The largest absolute Gasteiger partial charge is 0.327 e. The van der Waals surface area contributed by atoms with Gasteiger partial charge in [0.25, 0.3) is 0 Å². The third-order valence-corrected chi connectivity index (χ3v) is 2.45. The van der Waals surface area contributed by atoms with E-state index in [1.54, 1.807) is 0 Å². The Bertz CT molecular complexity index is 268. The lowest BCUT2D eigenvalue weighted by atomic mass is 10.1. The summed E-state index contributed by atoms with van der Waals surface area (Å²) in [5.41, 5.74) is 8.02. The van der Waals surface area contributed by atoms with Crippen molar-refractivity contribution in [2.75, 3.05) is 6.54 Å². The van der Waals surface area contributed by atoms with Gasteiger partial charge in [0, 0.05) is 11.0 Å². The predicted octanol–water partition coefficient (Wildman–Crippen LogP) is 2.59. The number of hydrogen-bond donors (Lipinski definition) is 1. The van der Waals surface area contributed by atoms with Crippen LogP contribution in [0.25, 0.3) is 6.08 Å². The standard InChI is InChI=1S/C10H12IN/c11-8-10-5-2-1-4-9(10)6-3-7-12/h1-6H,7-8,12H2/b6-3+. The first-order chi connectivity index (χ1) is 5.88. The molecule has 2 heteroatoms. The van der Waals surface area contributed by atoms with Gasteiger partial charge in [-0.1, -0.05) is 59.0 Å². The highest BCUT2D eigenvalue weighted by molar-refractivity contribution is 14.1. The molecular formula is C10H12IN. The predicted molar refractivity (Wildman–Crippen MR) is 62.3 cm³/mol. The average Bonchev–Trinajstić information content (AvgIpc) is 2.15. The van der Waals surface area contributed by atoms with Gasteiger partial charge in [0.2, 0.25) is 0 Å². The molecule has 64 valence electrons. The molecule has 0 fully saturated rings. The fraction of sp³-hybridized carbons (Fsp3) is 0.200. The van der Waals surface area contributed by atoms with Gasteiger partial charge in [-0.2, -0.15) is 0 Å². The molecular weight excluding hydrogens is 261 g/mol. The van der Waals surface area contributed by atoms with Gasteiger partial charge in [0.15, 0.2) is 0 Å². The molecule has 0 saturated heterocycles. The summed E-state index contributed by atoms with van der Waals surface area (Å²) in [7, 11) is 0. The van der Waals surface area contributed by atoms with Gasteiger partial charge in [-0.05, 0) is 11.1 Å². The van der Waals surface area contributed by atoms with Gasteiger partial charge < -0.3 is 5.73 Å². The Morgan fingerprint density at radius 1 is 1.33 bits per heavy atom. The third kappa shape index (κ3) is 2.60. The van der Waals surface area contributed by atoms with Crippen LogP contribution in [0, 0.1) is 0 Å². The normalized spacial score (nSPS) is 10.8. The van der Waals surface area contributed by atoms with E-state index in [9.17, 15) is 0 Å². The average molecular weight is 273 g/mol. The number of alkyl halides is 1. The number of nitrogens with two attached hydrogens (primary N) is 1. The summed E-state index contributed by atoms with van der Waals surface area (Å²) in [5.74, 6) is 0. The lowest BCUT2D eigenvalue weighted by Gasteiger charge is -2.00. The highest BCUT2D eigenvalue weighted by Crippen LogP contribution is 2.13. The Morgan fingerprint density at radius 3 is 2.75 bits per heavy atom. The maximum atomic E-state index is 5.38. The fourth-order valence-electron chi connectivity index (χ4n) is 1.01. The van der Waals surface area contributed by atoms with Crippen molar-refractivity contribution in [3.63, 3.8) is 0 Å². The second-order valence-electron chi connectivity index (χ2n) is 2.47. The van der Waals surface area contributed by atoms with E-state index in [0.29, 0.717) is 6.54 Å². The molecule has 2 N–H and O–H groups in total. The number of hydrogen-bond acceptors (Lipinski definition) is 1. The molecule has 1 nitrogen and oxygen atoms in total. The maximum absolute atomic E-state index is 5.38. The van der Waals surface area contributed by atoms with Crippen LogP contribution in [0.5, 0.6) is 0 Å². The maximum Gasteiger partial charge on any atom is 0.0253 e. The van der Waals surface area contributed by atoms with E-state index in [1.165, 1.54) is 11.1 Å². The monoisotopic (exact) mass is 273 g/mol. The van der Waals surface area contributed by atoms with Crippen LogP contribution in [-0.4, -0.2) is 6.54 Å². The summed E-state index contributed by atoms with van der Waals surface area (Å²) in [5, 5.41) is 0. The zero-order chi connectivity index (χ0) is 8.81. The van der Waals surface area contributed by atoms with Crippen LogP contribution in [0.4, 0.5) is 0 Å². The van der Waals surface area contributed by atoms with Gasteiger partial charge >= 0.3 is 0 Å². The molecule has 0 amide bonds. The third-order valence-electron chi connectivity index (χ3n) is 1.63. The van der Waals surface area contributed by atoms with Crippen LogP contribution in [0.2, 0.25) is 0 Å². The Morgan fingerprint density at radius 2 is 2.08 bits per heavy atom. The van der Waals surface area contributed by atoms with Crippen LogP contribution in [-0.2, 0) is 4.43 Å². The molecule has 1 aromatic carbocycles. The Balaban J connectivity index is 2.89. The Kier molecular flexibility index (Phi) is 4.32. The van der Waals surface area contributed by atoms with E-state index in [2.05, 4.69) is 46.9 Å². The van der Waals surface area contributed by atoms with Crippen molar-refractivity contribution in [3.8, 4) is 0 Å². The first-order valence-electron chi connectivity index (χ1n) is 3.89. The van der Waals surface area contributed by atoms with Crippen molar-refractivity contribution >= 4 is 28.7 Å². The first kappa shape index (κ1) is 9.74. The molecule has 0 aliphatic carbocycles. The topological polar surface area (TPSA) is 26.0 Å². The van der Waals surface area contributed by atoms with Gasteiger partial charge in [-0.15, -0.1) is 0 Å². The minimum Gasteiger partial charge on any atom is -0.327 e. The molecule has 1 rings (SSSR count). The molecule has 0 heterocycles. The first-order valence-corrected chi connectivity index (χ1v) is 5.41. The highest BCUT2D eigenvalue weighted by atomic mass is 127. The molecule has 0 aromatic heterocycles. The van der Waals surface area contributed by atoms with Gasteiger partial charge in [-0.25, -0.2) is 0 Å². The van der Waals surface area contributed by atoms with Crippen molar-refractivity contribution in [1.29, 1.82) is 0 Å². The molecule has 0 atom stereocenters. The molecule has 0 bridgehead atoms. The van der Waals surface area contributed by atoms with E-state index in [4.69, 9.17) is 5.73 Å². The molecule has 0 aliphatic rings.